The highest BCUT2D eigenvalue weighted by Gasteiger charge is 2.17. The number of nitrogens with zero attached hydrogens (tertiary/aromatic N) is 2. The molecule has 0 aliphatic heterocycles. The molecule has 100 valence electrons. The van der Waals surface area contributed by atoms with E-state index in [1.807, 2.05) is 18.2 Å². The molecule has 5 nitrogen and oxygen atoms in total. The average molecular weight is 259 g/mol. The summed E-state index contributed by atoms with van der Waals surface area (Å²) in [6.07, 6.45) is 1.72. The monoisotopic (exact) mass is 259 g/mol. The molecule has 0 atom stereocenters. The average Bonchev–Trinajstić information content (AvgIpc) is 2.85. The minimum absolute atomic E-state index is 0.230. The van der Waals surface area contributed by atoms with Gasteiger partial charge >= 0.3 is 0 Å². The van der Waals surface area contributed by atoms with E-state index in [4.69, 9.17) is 0 Å². The van der Waals surface area contributed by atoms with Crippen LogP contribution in [-0.2, 0) is 12.8 Å². The number of aryl methyl sites for hydroxylation is 3. The largest absolute Gasteiger partial charge is 0.320 e. The summed E-state index contributed by atoms with van der Waals surface area (Å²) < 4.78 is 4.56. The maximum atomic E-state index is 12.2. The topological polar surface area (TPSA) is 68.0 Å². The molecule has 0 radical (unpaired) electrons. The highest BCUT2D eigenvalue weighted by Crippen LogP contribution is 2.23. The van der Waals surface area contributed by atoms with Crippen LogP contribution in [0.2, 0.25) is 0 Å². The summed E-state index contributed by atoms with van der Waals surface area (Å²) in [4.78, 5) is 12.2. The minimum Gasteiger partial charge on any atom is -0.320 e. The van der Waals surface area contributed by atoms with Gasteiger partial charge in [-0.15, -0.1) is 0 Å². The van der Waals surface area contributed by atoms with Gasteiger partial charge in [0.2, 0.25) is 0 Å². The molecule has 0 aliphatic carbocycles. The smallest absolute Gasteiger partial charge is 0.279 e. The number of nitrogens with one attached hydrogen (secondary N) is 1. The lowest BCUT2D eigenvalue weighted by Gasteiger charge is -2.13. The van der Waals surface area contributed by atoms with Crippen molar-refractivity contribution in [2.45, 2.75) is 33.6 Å². The van der Waals surface area contributed by atoms with Gasteiger partial charge < -0.3 is 5.32 Å². The number of carbonyl (C=O) groups is 1. The van der Waals surface area contributed by atoms with Crippen molar-refractivity contribution >= 4 is 11.6 Å². The van der Waals surface area contributed by atoms with Gasteiger partial charge in [0.25, 0.3) is 5.91 Å². The highest BCUT2D eigenvalue weighted by atomic mass is 16.6. The normalized spacial score (nSPS) is 10.5. The Morgan fingerprint density at radius 1 is 1.21 bits per heavy atom. The third-order valence-corrected chi connectivity index (χ3v) is 3.11. The van der Waals surface area contributed by atoms with Crippen molar-refractivity contribution in [1.29, 1.82) is 0 Å². The lowest BCUT2D eigenvalue weighted by atomic mass is 10.0. The van der Waals surface area contributed by atoms with E-state index < -0.39 is 0 Å². The van der Waals surface area contributed by atoms with Crippen LogP contribution in [0.25, 0.3) is 0 Å². The fourth-order valence-corrected chi connectivity index (χ4v) is 2.01. The summed E-state index contributed by atoms with van der Waals surface area (Å²) in [6, 6.07) is 6.04. The van der Waals surface area contributed by atoms with E-state index in [0.29, 0.717) is 5.69 Å². The maximum absolute atomic E-state index is 12.2. The molecule has 0 aliphatic rings. The second-order valence-electron chi connectivity index (χ2n) is 4.31. The molecular weight excluding hydrogens is 242 g/mol. The zero-order valence-corrected chi connectivity index (χ0v) is 11.4. The molecule has 5 heteroatoms. The summed E-state index contributed by atoms with van der Waals surface area (Å²) in [5, 5.41) is 10.2. The zero-order chi connectivity index (χ0) is 13.8. The molecule has 1 N–H and O–H groups in total. The third kappa shape index (κ3) is 2.65. The number of carbonyl (C=O) groups excluding carboxylic acids is 1. The number of amides is 1. The zero-order valence-electron chi connectivity index (χ0n) is 11.4. The van der Waals surface area contributed by atoms with Gasteiger partial charge in [0.05, 0.1) is 0 Å². The van der Waals surface area contributed by atoms with E-state index in [2.05, 4.69) is 34.1 Å². The molecule has 0 bridgehead atoms. The molecule has 0 saturated carbocycles. The van der Waals surface area contributed by atoms with Gasteiger partial charge in [-0.25, -0.2) is 4.63 Å². The Morgan fingerprint density at radius 2 is 1.84 bits per heavy atom. The van der Waals surface area contributed by atoms with Crippen LogP contribution in [0.5, 0.6) is 0 Å². The van der Waals surface area contributed by atoms with Crippen LogP contribution in [0.4, 0.5) is 5.69 Å². The first kappa shape index (κ1) is 13.3. The third-order valence-electron chi connectivity index (χ3n) is 3.11. The SMILES string of the molecule is CCc1cccc(CC)c1NC(=O)c1nonc1C. The van der Waals surface area contributed by atoms with Gasteiger partial charge in [0, 0.05) is 5.69 Å². The van der Waals surface area contributed by atoms with Crippen LogP contribution in [0, 0.1) is 6.92 Å². The fourth-order valence-electron chi connectivity index (χ4n) is 2.01. The molecule has 2 rings (SSSR count). The first-order valence-corrected chi connectivity index (χ1v) is 6.38. The van der Waals surface area contributed by atoms with E-state index in [1.165, 1.54) is 0 Å². The Hall–Kier alpha value is -2.17. The second kappa shape index (κ2) is 5.65. The Kier molecular flexibility index (Phi) is 3.94. The lowest BCUT2D eigenvalue weighted by Crippen LogP contribution is -2.16. The Balaban J connectivity index is 2.33. The van der Waals surface area contributed by atoms with Crippen LogP contribution in [-0.4, -0.2) is 16.2 Å². The van der Waals surface area contributed by atoms with E-state index in [9.17, 15) is 4.79 Å². The van der Waals surface area contributed by atoms with Crippen molar-refractivity contribution in [2.75, 3.05) is 5.32 Å². The summed E-state index contributed by atoms with van der Waals surface area (Å²) in [5.74, 6) is -0.283. The van der Waals surface area contributed by atoms with Crippen molar-refractivity contribution in [2.24, 2.45) is 0 Å². The van der Waals surface area contributed by atoms with Crippen molar-refractivity contribution < 1.29 is 9.42 Å². The number of hydrogen-bond acceptors (Lipinski definition) is 4. The number of hydrogen-bond donors (Lipinski definition) is 1. The van der Waals surface area contributed by atoms with Crippen LogP contribution >= 0.6 is 0 Å². The van der Waals surface area contributed by atoms with Gasteiger partial charge in [-0.3, -0.25) is 4.79 Å². The molecular formula is C14H17N3O2. The van der Waals surface area contributed by atoms with Gasteiger partial charge in [0.15, 0.2) is 5.69 Å². The van der Waals surface area contributed by atoms with Crippen molar-refractivity contribution in [1.82, 2.24) is 10.3 Å². The van der Waals surface area contributed by atoms with Gasteiger partial charge in [-0.1, -0.05) is 37.2 Å². The number of benzene rings is 1. The van der Waals surface area contributed by atoms with Crippen LogP contribution in [0.3, 0.4) is 0 Å². The summed E-state index contributed by atoms with van der Waals surface area (Å²) in [5.41, 5.74) is 3.82. The quantitative estimate of drug-likeness (QED) is 0.916. The molecule has 0 spiro atoms. The summed E-state index contributed by atoms with van der Waals surface area (Å²) in [7, 11) is 0. The lowest BCUT2D eigenvalue weighted by molar-refractivity contribution is 0.101. The molecule has 2 aromatic rings. The van der Waals surface area contributed by atoms with Crippen LogP contribution in [0.15, 0.2) is 22.8 Å². The molecule has 1 amide bonds. The molecule has 0 fully saturated rings. The second-order valence-corrected chi connectivity index (χ2v) is 4.31. The predicted octanol–water partition coefficient (Wildman–Crippen LogP) is 2.76. The Labute approximate surface area is 112 Å². The molecule has 1 heterocycles. The number of aromatic nitrogens is 2. The predicted molar refractivity (Wildman–Crippen MR) is 72.2 cm³/mol. The van der Waals surface area contributed by atoms with Gasteiger partial charge in [-0.2, -0.15) is 0 Å². The summed E-state index contributed by atoms with van der Waals surface area (Å²) in [6.45, 7) is 5.82. The molecule has 0 unspecified atom stereocenters. The minimum atomic E-state index is -0.283. The van der Waals surface area contributed by atoms with Gasteiger partial charge in [-0.05, 0) is 36.0 Å². The van der Waals surface area contributed by atoms with Crippen molar-refractivity contribution in [3.8, 4) is 0 Å². The molecule has 19 heavy (non-hydrogen) atoms. The summed E-state index contributed by atoms with van der Waals surface area (Å²) >= 11 is 0. The van der Waals surface area contributed by atoms with E-state index in [1.54, 1.807) is 6.92 Å². The maximum Gasteiger partial charge on any atom is 0.279 e. The van der Waals surface area contributed by atoms with E-state index in [-0.39, 0.29) is 11.6 Å². The fraction of sp³-hybridized carbons (Fsp3) is 0.357. The first-order chi connectivity index (χ1) is 9.17. The Morgan fingerprint density at radius 3 is 2.32 bits per heavy atom. The highest BCUT2D eigenvalue weighted by molar-refractivity contribution is 6.04. The standard InChI is InChI=1S/C14H17N3O2/c1-4-10-7-6-8-11(5-2)13(10)15-14(18)12-9(3)16-19-17-12/h6-8H,4-5H2,1-3H3,(H,15,18). The molecule has 1 aromatic carbocycles. The van der Waals surface area contributed by atoms with Gasteiger partial charge in [0.1, 0.15) is 5.69 Å². The van der Waals surface area contributed by atoms with E-state index in [0.717, 1.165) is 29.7 Å². The van der Waals surface area contributed by atoms with E-state index >= 15 is 0 Å². The first-order valence-electron chi connectivity index (χ1n) is 6.38. The van der Waals surface area contributed by atoms with Crippen LogP contribution in [0.1, 0.15) is 41.2 Å². The van der Waals surface area contributed by atoms with Crippen molar-refractivity contribution in [3.05, 3.63) is 40.7 Å². The number of anilines is 1. The Bertz CT molecular complexity index is 568. The number of para-hydroxylation sites is 1. The number of rotatable bonds is 4. The molecule has 0 saturated heterocycles. The van der Waals surface area contributed by atoms with Crippen LogP contribution < -0.4 is 5.32 Å². The molecule has 1 aromatic heterocycles. The van der Waals surface area contributed by atoms with Crippen molar-refractivity contribution in [3.63, 3.8) is 0 Å².